The van der Waals surface area contributed by atoms with Gasteiger partial charge in [-0.3, -0.25) is 14.5 Å². The summed E-state index contributed by atoms with van der Waals surface area (Å²) in [4.78, 5) is 33.5. The Morgan fingerprint density at radius 3 is 2.28 bits per heavy atom. The van der Waals surface area contributed by atoms with Gasteiger partial charge in [-0.05, 0) is 62.9 Å². The van der Waals surface area contributed by atoms with Gasteiger partial charge in [0, 0.05) is 38.8 Å². The number of anilines is 1. The molecule has 0 radical (unpaired) electrons. The topological polar surface area (TPSA) is 53.1 Å². The highest BCUT2D eigenvalue weighted by atomic mass is 16.5. The predicted molar refractivity (Wildman–Crippen MR) is 157 cm³/mol. The number of benzene rings is 3. The number of rotatable bonds is 6. The molecule has 0 N–H and O–H groups in total. The molecule has 0 unspecified atom stereocenters. The third kappa shape index (κ3) is 7.70. The van der Waals surface area contributed by atoms with E-state index in [9.17, 15) is 9.59 Å². The van der Waals surface area contributed by atoms with E-state index in [1.54, 1.807) is 0 Å². The highest BCUT2D eigenvalue weighted by molar-refractivity contribution is 5.96. The zero-order chi connectivity index (χ0) is 27.8. The number of nitrogens with zero attached hydrogens (tertiary/aromatic N) is 3. The average molecular weight is 528 g/mol. The normalized spacial score (nSPS) is 15.0. The van der Waals surface area contributed by atoms with E-state index in [1.165, 1.54) is 5.56 Å². The molecule has 0 saturated carbocycles. The van der Waals surface area contributed by atoms with E-state index in [4.69, 9.17) is 4.74 Å². The van der Waals surface area contributed by atoms with E-state index in [2.05, 4.69) is 37.8 Å². The van der Waals surface area contributed by atoms with Crippen LogP contribution in [0.4, 0.5) is 5.69 Å². The Labute approximate surface area is 233 Å². The summed E-state index contributed by atoms with van der Waals surface area (Å²) >= 11 is 0. The maximum Gasteiger partial charge on any atom is 0.264 e. The van der Waals surface area contributed by atoms with Crippen LogP contribution in [0.3, 0.4) is 0 Å². The highest BCUT2D eigenvalue weighted by Crippen LogP contribution is 2.28. The van der Waals surface area contributed by atoms with Gasteiger partial charge in [0.05, 0.1) is 12.1 Å². The monoisotopic (exact) mass is 527 g/mol. The lowest BCUT2D eigenvalue weighted by molar-refractivity contribution is -0.131. The molecule has 0 spiro atoms. The quantitative estimate of drug-likeness (QED) is 0.431. The zero-order valence-corrected chi connectivity index (χ0v) is 23.7. The van der Waals surface area contributed by atoms with Gasteiger partial charge in [0.1, 0.15) is 5.75 Å². The molecule has 0 atom stereocenters. The lowest BCUT2D eigenvalue weighted by Crippen LogP contribution is -2.42. The molecule has 3 aromatic carbocycles. The first-order valence-corrected chi connectivity index (χ1v) is 14.0. The van der Waals surface area contributed by atoms with Crippen LogP contribution in [0.15, 0.2) is 72.8 Å². The molecule has 206 valence electrons. The second kappa shape index (κ2) is 13.4. The number of fused-ring (bicyclic) bond motifs is 1. The van der Waals surface area contributed by atoms with Crippen LogP contribution in [-0.4, -0.2) is 60.4 Å². The largest absolute Gasteiger partial charge is 0.484 e. The van der Waals surface area contributed by atoms with Crippen molar-refractivity contribution in [2.45, 2.75) is 53.1 Å². The molecular weight excluding hydrogens is 486 g/mol. The molecule has 1 aliphatic rings. The summed E-state index contributed by atoms with van der Waals surface area (Å²) in [6, 6.07) is 24.0. The molecule has 0 aromatic heterocycles. The number of ether oxygens (including phenoxy) is 1. The Kier molecular flexibility index (Phi) is 9.77. The highest BCUT2D eigenvalue weighted by Gasteiger charge is 2.26. The van der Waals surface area contributed by atoms with Crippen LogP contribution in [0, 0.1) is 13.8 Å². The van der Waals surface area contributed by atoms with E-state index < -0.39 is 0 Å². The van der Waals surface area contributed by atoms with Crippen molar-refractivity contribution < 1.29 is 14.3 Å². The summed E-state index contributed by atoms with van der Waals surface area (Å²) in [5.74, 6) is 0.689. The lowest BCUT2D eigenvalue weighted by Gasteiger charge is -2.30. The second-order valence-electron chi connectivity index (χ2n) is 10.7. The Morgan fingerprint density at radius 2 is 1.56 bits per heavy atom. The number of amides is 2. The summed E-state index contributed by atoms with van der Waals surface area (Å²) in [6.07, 6.45) is 1.19. The summed E-state index contributed by atoms with van der Waals surface area (Å²) in [6.45, 7) is 11.8. The van der Waals surface area contributed by atoms with Crippen LogP contribution >= 0.6 is 0 Å². The van der Waals surface area contributed by atoms with Crippen LogP contribution in [0.5, 0.6) is 5.75 Å². The van der Waals surface area contributed by atoms with Crippen molar-refractivity contribution in [2.24, 2.45) is 0 Å². The molecule has 0 aliphatic carbocycles. The Balaban J connectivity index is 1.63. The molecule has 0 bridgehead atoms. The van der Waals surface area contributed by atoms with Crippen molar-refractivity contribution in [1.29, 1.82) is 0 Å². The molecule has 1 heterocycles. The minimum Gasteiger partial charge on any atom is -0.484 e. The van der Waals surface area contributed by atoms with E-state index in [1.807, 2.05) is 77.4 Å². The van der Waals surface area contributed by atoms with E-state index >= 15 is 0 Å². The molecule has 0 saturated heterocycles. The number of carbonyl (C=O) groups excluding carboxylic acids is 2. The summed E-state index contributed by atoms with van der Waals surface area (Å²) in [5.41, 5.74) is 5.09. The van der Waals surface area contributed by atoms with Gasteiger partial charge >= 0.3 is 0 Å². The summed E-state index contributed by atoms with van der Waals surface area (Å²) < 4.78 is 5.86. The van der Waals surface area contributed by atoms with Crippen LogP contribution in [0.25, 0.3) is 0 Å². The third-order valence-electron chi connectivity index (χ3n) is 7.40. The molecule has 0 fully saturated rings. The molecule has 4 rings (SSSR count). The van der Waals surface area contributed by atoms with Gasteiger partial charge in [0.2, 0.25) is 5.91 Å². The van der Waals surface area contributed by atoms with E-state index in [0.29, 0.717) is 37.8 Å². The smallest absolute Gasteiger partial charge is 0.264 e. The number of hydrogen-bond acceptors (Lipinski definition) is 4. The maximum atomic E-state index is 13.7. The van der Waals surface area contributed by atoms with Crippen LogP contribution in [-0.2, 0) is 22.6 Å². The van der Waals surface area contributed by atoms with Crippen molar-refractivity contribution in [1.82, 2.24) is 9.80 Å². The first kappa shape index (κ1) is 28.4. The van der Waals surface area contributed by atoms with Crippen LogP contribution in [0.2, 0.25) is 0 Å². The number of para-hydroxylation sites is 2. The first-order chi connectivity index (χ1) is 18.8. The standard InChI is InChI=1S/C33H41N3O3/c1-25(2)34-18-9-19-36(32(38)24-39-30-12-6-5-7-13-30)33-27(4)10-8-11-29(33)23-35(21-20-34)31(37)22-28-16-14-26(3)15-17-28/h5-8,10-17,25H,9,18-24H2,1-4H3. The lowest BCUT2D eigenvalue weighted by atomic mass is 10.0. The summed E-state index contributed by atoms with van der Waals surface area (Å²) in [7, 11) is 0. The van der Waals surface area contributed by atoms with Crippen LogP contribution in [0.1, 0.15) is 42.5 Å². The Morgan fingerprint density at radius 1 is 0.821 bits per heavy atom. The summed E-state index contributed by atoms with van der Waals surface area (Å²) in [5, 5.41) is 0. The van der Waals surface area contributed by atoms with Gasteiger partial charge in [-0.2, -0.15) is 0 Å². The average Bonchev–Trinajstić information content (AvgIpc) is 2.96. The molecule has 6 nitrogen and oxygen atoms in total. The number of aryl methyl sites for hydroxylation is 2. The molecule has 39 heavy (non-hydrogen) atoms. The predicted octanol–water partition coefficient (Wildman–Crippen LogP) is 5.40. The number of hydrogen-bond donors (Lipinski definition) is 0. The maximum absolute atomic E-state index is 13.7. The van der Waals surface area contributed by atoms with Crippen molar-refractivity contribution in [3.8, 4) is 5.75 Å². The van der Waals surface area contributed by atoms with Crippen molar-refractivity contribution >= 4 is 17.5 Å². The van der Waals surface area contributed by atoms with Crippen LogP contribution < -0.4 is 9.64 Å². The minimum atomic E-state index is -0.0812. The minimum absolute atomic E-state index is 0.0399. The van der Waals surface area contributed by atoms with Crippen molar-refractivity contribution in [3.05, 3.63) is 95.1 Å². The Hall–Kier alpha value is -3.64. The Bertz CT molecular complexity index is 1240. The third-order valence-corrected chi connectivity index (χ3v) is 7.40. The molecule has 2 amide bonds. The van der Waals surface area contributed by atoms with Gasteiger partial charge in [-0.25, -0.2) is 0 Å². The van der Waals surface area contributed by atoms with Crippen molar-refractivity contribution in [3.63, 3.8) is 0 Å². The zero-order valence-electron chi connectivity index (χ0n) is 23.7. The fraction of sp³-hybridized carbons (Fsp3) is 0.394. The van der Waals surface area contributed by atoms with Gasteiger partial charge in [-0.1, -0.05) is 66.2 Å². The molecule has 6 heteroatoms. The number of carbonyl (C=O) groups is 2. The van der Waals surface area contributed by atoms with Gasteiger partial charge < -0.3 is 14.5 Å². The van der Waals surface area contributed by atoms with Gasteiger partial charge in [0.25, 0.3) is 5.91 Å². The first-order valence-electron chi connectivity index (χ1n) is 14.0. The fourth-order valence-corrected chi connectivity index (χ4v) is 5.13. The molecule has 1 aliphatic heterocycles. The molecular formula is C33H41N3O3. The second-order valence-corrected chi connectivity index (χ2v) is 10.7. The van der Waals surface area contributed by atoms with E-state index in [-0.39, 0.29) is 18.4 Å². The van der Waals surface area contributed by atoms with E-state index in [0.717, 1.165) is 41.9 Å². The SMILES string of the molecule is Cc1ccc(CC(=O)N2CCN(C(C)C)CCCN(C(=O)COc3ccccc3)c3c(C)cccc3C2)cc1. The van der Waals surface area contributed by atoms with Gasteiger partial charge in [0.15, 0.2) is 6.61 Å². The van der Waals surface area contributed by atoms with Gasteiger partial charge in [-0.15, -0.1) is 0 Å². The van der Waals surface area contributed by atoms with Crippen molar-refractivity contribution in [2.75, 3.05) is 37.7 Å². The molecule has 3 aromatic rings. The fourth-order valence-electron chi connectivity index (χ4n) is 5.13.